The van der Waals surface area contributed by atoms with E-state index >= 15 is 0 Å². The molecule has 1 N–H and O–H groups in total. The van der Waals surface area contributed by atoms with E-state index in [2.05, 4.69) is 25.4 Å². The number of hydrogen-bond acceptors (Lipinski definition) is 9. The minimum Gasteiger partial charge on any atom is -0.319 e. The topological polar surface area (TPSA) is 105 Å². The van der Waals surface area contributed by atoms with Gasteiger partial charge in [-0.05, 0) is 54.5 Å². The van der Waals surface area contributed by atoms with Crippen LogP contribution >= 0.6 is 34.7 Å². The molecule has 0 saturated carbocycles. The number of nitrogens with one attached hydrogen (secondary N) is 1. The number of benzene rings is 1. The van der Waals surface area contributed by atoms with Crippen molar-refractivity contribution in [3.63, 3.8) is 0 Å². The van der Waals surface area contributed by atoms with Crippen molar-refractivity contribution in [2.45, 2.75) is 16.7 Å². The van der Waals surface area contributed by atoms with Crippen molar-refractivity contribution in [2.24, 2.45) is 0 Å². The van der Waals surface area contributed by atoms with Gasteiger partial charge in [-0.3, -0.25) is 4.79 Å². The molecule has 3 heterocycles. The molecule has 0 atom stereocenters. The van der Waals surface area contributed by atoms with E-state index in [0.29, 0.717) is 43.4 Å². The van der Waals surface area contributed by atoms with E-state index in [0.717, 1.165) is 17.9 Å². The van der Waals surface area contributed by atoms with Crippen molar-refractivity contribution in [1.29, 1.82) is 0 Å². The maximum Gasteiger partial charge on any atom is 0.305 e. The van der Waals surface area contributed by atoms with Crippen molar-refractivity contribution in [3.05, 3.63) is 39.1 Å². The Labute approximate surface area is 172 Å². The number of hydrogen-bond donors (Lipinski definition) is 1. The predicted molar refractivity (Wildman–Crippen MR) is 109 cm³/mol. The number of aromatic amines is 1. The fourth-order valence-electron chi connectivity index (χ4n) is 2.43. The maximum absolute atomic E-state index is 11.7. The zero-order valence-corrected chi connectivity index (χ0v) is 17.3. The van der Waals surface area contributed by atoms with Gasteiger partial charge in [0.2, 0.25) is 5.16 Å². The average molecular weight is 435 g/mol. The molecule has 0 aliphatic rings. The summed E-state index contributed by atoms with van der Waals surface area (Å²) in [6.07, 6.45) is 1.64. The highest BCUT2D eigenvalue weighted by Gasteiger charge is 2.18. The lowest BCUT2D eigenvalue weighted by Crippen LogP contribution is -2.19. The molecule has 3 aromatic heterocycles. The Hall–Kier alpha value is -2.34. The van der Waals surface area contributed by atoms with Gasteiger partial charge in [0.05, 0.1) is 22.5 Å². The summed E-state index contributed by atoms with van der Waals surface area (Å²) >= 11 is 8.50. The quantitative estimate of drug-likeness (QED) is 0.493. The number of tetrazole rings is 1. The molecule has 0 radical (unpaired) electrons. The fourth-order valence-corrected chi connectivity index (χ4v) is 4.22. The molecule has 9 nitrogen and oxygen atoms in total. The van der Waals surface area contributed by atoms with Gasteiger partial charge in [-0.25, -0.2) is 14.6 Å². The van der Waals surface area contributed by atoms with Gasteiger partial charge >= 0.3 is 4.87 Å². The molecule has 144 valence electrons. The second-order valence-electron chi connectivity index (χ2n) is 6.14. The Bertz CT molecular complexity index is 1180. The summed E-state index contributed by atoms with van der Waals surface area (Å²) in [6, 6.07) is 5.32. The monoisotopic (exact) mass is 434 g/mol. The average Bonchev–Trinajstić information content (AvgIpc) is 3.28. The van der Waals surface area contributed by atoms with Crippen LogP contribution in [0.15, 0.2) is 39.4 Å². The first-order chi connectivity index (χ1) is 13.5. The second kappa shape index (κ2) is 7.95. The molecular formula is C16H15ClN8OS2. The molecule has 4 aromatic rings. The summed E-state index contributed by atoms with van der Waals surface area (Å²) in [5.74, 6) is 0. The van der Waals surface area contributed by atoms with Gasteiger partial charge in [0, 0.05) is 17.8 Å². The van der Waals surface area contributed by atoms with E-state index in [1.54, 1.807) is 29.1 Å². The number of halogens is 1. The number of fused-ring (bicyclic) bond motifs is 1. The summed E-state index contributed by atoms with van der Waals surface area (Å²) in [4.78, 5) is 26.3. The highest BCUT2D eigenvalue weighted by atomic mass is 35.5. The second-order valence-corrected chi connectivity index (χ2v) is 8.55. The summed E-state index contributed by atoms with van der Waals surface area (Å²) in [7, 11) is 3.98. The van der Waals surface area contributed by atoms with Crippen LogP contribution in [0, 0.1) is 0 Å². The maximum atomic E-state index is 11.7. The SMILES string of the molecule is CN(C)CCn1nnnc1Sc1nc2cc(Cl)ccc2nc1-c1c[nH]c(=O)s1. The Morgan fingerprint density at radius 1 is 1.29 bits per heavy atom. The van der Waals surface area contributed by atoms with E-state index in [1.165, 1.54) is 11.8 Å². The van der Waals surface area contributed by atoms with E-state index < -0.39 is 0 Å². The van der Waals surface area contributed by atoms with Crippen LogP contribution in [0.1, 0.15) is 0 Å². The zero-order chi connectivity index (χ0) is 19.7. The van der Waals surface area contributed by atoms with Gasteiger partial charge in [0.15, 0.2) is 0 Å². The highest BCUT2D eigenvalue weighted by Crippen LogP contribution is 2.34. The van der Waals surface area contributed by atoms with Crippen molar-refractivity contribution in [2.75, 3.05) is 20.6 Å². The summed E-state index contributed by atoms with van der Waals surface area (Å²) in [5, 5.41) is 13.7. The van der Waals surface area contributed by atoms with Crippen LogP contribution in [0.3, 0.4) is 0 Å². The molecule has 28 heavy (non-hydrogen) atoms. The highest BCUT2D eigenvalue weighted by molar-refractivity contribution is 7.99. The molecule has 0 saturated heterocycles. The molecule has 0 fully saturated rings. The first kappa shape index (κ1) is 19.0. The Morgan fingerprint density at radius 2 is 2.14 bits per heavy atom. The molecule has 0 bridgehead atoms. The van der Waals surface area contributed by atoms with Gasteiger partial charge in [0.1, 0.15) is 10.7 Å². The number of rotatable bonds is 6. The molecule has 0 amide bonds. The molecule has 0 spiro atoms. The van der Waals surface area contributed by atoms with E-state index in [9.17, 15) is 4.79 Å². The number of thiazole rings is 1. The summed E-state index contributed by atoms with van der Waals surface area (Å²) < 4.78 is 1.72. The third-order valence-electron chi connectivity index (χ3n) is 3.80. The Balaban J connectivity index is 1.79. The molecule has 0 unspecified atom stereocenters. The molecule has 12 heteroatoms. The minimum atomic E-state index is -0.153. The first-order valence-electron chi connectivity index (χ1n) is 8.24. The van der Waals surface area contributed by atoms with Crippen molar-refractivity contribution < 1.29 is 0 Å². The third kappa shape index (κ3) is 4.07. The van der Waals surface area contributed by atoms with Gasteiger partial charge in [0.25, 0.3) is 0 Å². The lowest BCUT2D eigenvalue weighted by atomic mass is 10.3. The number of H-pyrrole nitrogens is 1. The standard InChI is InChI=1S/C16H15ClN8OS2/c1-24(2)5-6-25-15(21-22-23-25)28-14-13(12-8-18-16(26)27-12)19-10-4-3-9(17)7-11(10)20-14/h3-4,7-8H,5-6H2,1-2H3,(H,18,26). The lowest BCUT2D eigenvalue weighted by molar-refractivity contribution is 0.361. The van der Waals surface area contributed by atoms with E-state index in [4.69, 9.17) is 21.6 Å². The molecule has 4 rings (SSSR count). The van der Waals surface area contributed by atoms with Crippen LogP contribution < -0.4 is 4.87 Å². The molecular weight excluding hydrogens is 420 g/mol. The van der Waals surface area contributed by atoms with Crippen molar-refractivity contribution in [3.8, 4) is 10.6 Å². The van der Waals surface area contributed by atoms with Crippen LogP contribution in [0.5, 0.6) is 0 Å². The van der Waals surface area contributed by atoms with Crippen LogP contribution in [0.25, 0.3) is 21.6 Å². The predicted octanol–water partition coefficient (Wildman–Crippen LogP) is 2.40. The summed E-state index contributed by atoms with van der Waals surface area (Å²) in [5.41, 5.74) is 1.95. The van der Waals surface area contributed by atoms with Gasteiger partial charge < -0.3 is 9.88 Å². The zero-order valence-electron chi connectivity index (χ0n) is 15.0. The van der Waals surface area contributed by atoms with Gasteiger partial charge in [-0.2, -0.15) is 0 Å². The van der Waals surface area contributed by atoms with Crippen LogP contribution in [-0.2, 0) is 6.54 Å². The number of likely N-dealkylation sites (N-methyl/N-ethyl adjacent to an activating group) is 1. The lowest BCUT2D eigenvalue weighted by Gasteiger charge is -2.11. The first-order valence-corrected chi connectivity index (χ1v) is 10.3. The van der Waals surface area contributed by atoms with Crippen molar-refractivity contribution in [1.82, 2.24) is 40.1 Å². The van der Waals surface area contributed by atoms with Crippen molar-refractivity contribution >= 4 is 45.7 Å². The van der Waals surface area contributed by atoms with E-state index in [-0.39, 0.29) is 4.87 Å². The Kier molecular flexibility index (Phi) is 5.40. The van der Waals surface area contributed by atoms with E-state index in [1.807, 2.05) is 14.1 Å². The largest absolute Gasteiger partial charge is 0.319 e. The third-order valence-corrected chi connectivity index (χ3v) is 5.82. The molecule has 0 aliphatic carbocycles. The minimum absolute atomic E-state index is 0.153. The fraction of sp³-hybridized carbons (Fsp3) is 0.250. The number of nitrogens with zero attached hydrogens (tertiary/aromatic N) is 7. The Morgan fingerprint density at radius 3 is 2.89 bits per heavy atom. The number of aromatic nitrogens is 7. The van der Waals surface area contributed by atoms with Crippen LogP contribution in [-0.4, -0.2) is 60.7 Å². The van der Waals surface area contributed by atoms with Gasteiger partial charge in [-0.1, -0.05) is 22.9 Å². The summed E-state index contributed by atoms with van der Waals surface area (Å²) in [6.45, 7) is 1.44. The normalized spacial score (nSPS) is 11.6. The van der Waals surface area contributed by atoms with Gasteiger partial charge in [-0.15, -0.1) is 5.10 Å². The molecule has 0 aliphatic heterocycles. The van der Waals surface area contributed by atoms with Crippen LogP contribution in [0.4, 0.5) is 0 Å². The van der Waals surface area contributed by atoms with Crippen LogP contribution in [0.2, 0.25) is 5.02 Å². The molecule has 1 aromatic carbocycles. The smallest absolute Gasteiger partial charge is 0.305 e.